The summed E-state index contributed by atoms with van der Waals surface area (Å²) >= 11 is 0. The molecule has 1 aliphatic rings. The molecule has 1 heterocycles. The molecule has 2 unspecified atom stereocenters. The topological polar surface area (TPSA) is 83.9 Å². The van der Waals surface area contributed by atoms with Crippen LogP contribution in [0.2, 0.25) is 0 Å². The van der Waals surface area contributed by atoms with Gasteiger partial charge >= 0.3 is 5.97 Å². The van der Waals surface area contributed by atoms with Crippen LogP contribution >= 0.6 is 0 Å². The fourth-order valence-corrected chi connectivity index (χ4v) is 3.71. The van der Waals surface area contributed by atoms with Crippen LogP contribution in [-0.4, -0.2) is 55.9 Å². The number of carboxylic acids is 1. The van der Waals surface area contributed by atoms with Crippen molar-refractivity contribution in [2.75, 3.05) is 26.8 Å². The zero-order valence-electron chi connectivity index (χ0n) is 11.0. The quantitative estimate of drug-likeness (QED) is 0.767. The first kappa shape index (κ1) is 15.4. The van der Waals surface area contributed by atoms with Crippen LogP contribution in [0.5, 0.6) is 0 Å². The van der Waals surface area contributed by atoms with Gasteiger partial charge in [-0.1, -0.05) is 0 Å². The summed E-state index contributed by atoms with van der Waals surface area (Å²) in [5.74, 6) is -0.940. The van der Waals surface area contributed by atoms with Crippen molar-refractivity contribution in [2.45, 2.75) is 31.9 Å². The summed E-state index contributed by atoms with van der Waals surface area (Å²) in [4.78, 5) is 11.1. The molecule has 18 heavy (non-hydrogen) atoms. The number of hydrogen-bond donors (Lipinski definition) is 1. The van der Waals surface area contributed by atoms with Gasteiger partial charge in [0, 0.05) is 26.8 Å². The number of methoxy groups -OCH3 is 1. The summed E-state index contributed by atoms with van der Waals surface area (Å²) in [6, 6.07) is 0. The molecule has 0 spiro atoms. The van der Waals surface area contributed by atoms with Crippen LogP contribution < -0.4 is 0 Å². The second-order valence-corrected chi connectivity index (χ2v) is 7.44. The van der Waals surface area contributed by atoms with Crippen molar-refractivity contribution < 1.29 is 23.1 Å². The number of hydrogen-bond acceptors (Lipinski definition) is 4. The Kier molecular flexibility index (Phi) is 4.74. The number of nitrogens with zero attached hydrogens (tertiary/aromatic N) is 1. The van der Waals surface area contributed by atoms with Crippen molar-refractivity contribution in [1.29, 1.82) is 0 Å². The van der Waals surface area contributed by atoms with E-state index in [1.807, 2.05) is 0 Å². The van der Waals surface area contributed by atoms with Crippen molar-refractivity contribution in [1.82, 2.24) is 4.31 Å². The summed E-state index contributed by atoms with van der Waals surface area (Å²) in [6.45, 7) is 3.93. The SMILES string of the molecule is COCCC(C)S(=O)(=O)N1CCC(C)(C(=O)O)C1. The highest BCUT2D eigenvalue weighted by atomic mass is 32.2. The largest absolute Gasteiger partial charge is 0.481 e. The minimum absolute atomic E-state index is 0.0575. The standard InChI is InChI=1S/C11H21NO5S/c1-9(4-7-17-3)18(15,16)12-6-5-11(2,8-12)10(13)14/h9H,4-8H2,1-3H3,(H,13,14). The van der Waals surface area contributed by atoms with Crippen molar-refractivity contribution in [3.63, 3.8) is 0 Å². The molecule has 1 fully saturated rings. The molecule has 0 aliphatic carbocycles. The molecule has 0 aromatic carbocycles. The fourth-order valence-electron chi connectivity index (χ4n) is 2.00. The van der Waals surface area contributed by atoms with Gasteiger partial charge in [-0.3, -0.25) is 4.79 Å². The van der Waals surface area contributed by atoms with Crippen molar-refractivity contribution in [3.05, 3.63) is 0 Å². The highest BCUT2D eigenvalue weighted by molar-refractivity contribution is 7.89. The van der Waals surface area contributed by atoms with Gasteiger partial charge in [0.1, 0.15) is 0 Å². The Labute approximate surface area is 108 Å². The Balaban J connectivity index is 2.74. The third kappa shape index (κ3) is 3.02. The molecule has 106 valence electrons. The van der Waals surface area contributed by atoms with Crippen molar-refractivity contribution in [3.8, 4) is 0 Å². The van der Waals surface area contributed by atoms with E-state index in [0.717, 1.165) is 0 Å². The maximum atomic E-state index is 12.2. The van der Waals surface area contributed by atoms with Crippen LogP contribution in [0.4, 0.5) is 0 Å². The average molecular weight is 279 g/mol. The van der Waals surface area contributed by atoms with E-state index in [9.17, 15) is 13.2 Å². The first-order valence-electron chi connectivity index (χ1n) is 5.95. The predicted octanol–water partition coefficient (Wildman–Crippen LogP) is 0.538. The number of carbonyl (C=O) groups is 1. The first-order chi connectivity index (χ1) is 8.24. The normalized spacial score (nSPS) is 27.3. The Morgan fingerprint density at radius 1 is 1.56 bits per heavy atom. The molecule has 7 heteroatoms. The summed E-state index contributed by atoms with van der Waals surface area (Å²) in [5.41, 5.74) is -0.964. The molecule has 0 bridgehead atoms. The van der Waals surface area contributed by atoms with Gasteiger partial charge in [0.2, 0.25) is 10.0 Å². The Morgan fingerprint density at radius 3 is 2.61 bits per heavy atom. The molecular weight excluding hydrogens is 258 g/mol. The van der Waals surface area contributed by atoms with Crippen LogP contribution in [0, 0.1) is 5.41 Å². The molecule has 1 N–H and O–H groups in total. The van der Waals surface area contributed by atoms with E-state index < -0.39 is 26.7 Å². The van der Waals surface area contributed by atoms with Gasteiger partial charge in [0.05, 0.1) is 10.7 Å². The van der Waals surface area contributed by atoms with Gasteiger partial charge in [0.15, 0.2) is 0 Å². The number of aliphatic carboxylic acids is 1. The highest BCUT2D eigenvalue weighted by Crippen LogP contribution is 2.33. The summed E-state index contributed by atoms with van der Waals surface area (Å²) < 4.78 is 30.6. The fraction of sp³-hybridized carbons (Fsp3) is 0.909. The molecule has 0 amide bonds. The summed E-state index contributed by atoms with van der Waals surface area (Å²) in [5, 5.41) is 8.55. The van der Waals surface area contributed by atoms with Crippen LogP contribution in [0.15, 0.2) is 0 Å². The lowest BCUT2D eigenvalue weighted by atomic mass is 9.90. The lowest BCUT2D eigenvalue weighted by molar-refractivity contribution is -0.146. The van der Waals surface area contributed by atoms with Gasteiger partial charge in [-0.15, -0.1) is 0 Å². The number of carboxylic acid groups (broad SMARTS) is 1. The smallest absolute Gasteiger partial charge is 0.310 e. The van der Waals surface area contributed by atoms with E-state index in [1.165, 1.54) is 11.4 Å². The third-order valence-electron chi connectivity index (χ3n) is 3.55. The number of sulfonamides is 1. The van der Waals surface area contributed by atoms with Crippen LogP contribution in [-0.2, 0) is 19.6 Å². The molecule has 6 nitrogen and oxygen atoms in total. The molecule has 1 aliphatic heterocycles. The van der Waals surface area contributed by atoms with Gasteiger partial charge in [0.25, 0.3) is 0 Å². The monoisotopic (exact) mass is 279 g/mol. The van der Waals surface area contributed by atoms with Crippen molar-refractivity contribution in [2.24, 2.45) is 5.41 Å². The lowest BCUT2D eigenvalue weighted by Crippen LogP contribution is -2.39. The van der Waals surface area contributed by atoms with Crippen LogP contribution in [0.25, 0.3) is 0 Å². The van der Waals surface area contributed by atoms with Crippen LogP contribution in [0.1, 0.15) is 26.7 Å². The number of rotatable bonds is 6. The minimum atomic E-state index is -3.43. The highest BCUT2D eigenvalue weighted by Gasteiger charge is 2.45. The van der Waals surface area contributed by atoms with E-state index >= 15 is 0 Å². The summed E-state index contributed by atoms with van der Waals surface area (Å²) in [7, 11) is -1.90. The molecule has 0 radical (unpaired) electrons. The first-order valence-corrected chi connectivity index (χ1v) is 7.45. The lowest BCUT2D eigenvalue weighted by Gasteiger charge is -2.23. The Morgan fingerprint density at radius 2 is 2.17 bits per heavy atom. The van der Waals surface area contributed by atoms with Crippen LogP contribution in [0.3, 0.4) is 0 Å². The van der Waals surface area contributed by atoms with E-state index in [0.29, 0.717) is 19.4 Å². The van der Waals surface area contributed by atoms with Crippen molar-refractivity contribution >= 4 is 16.0 Å². The third-order valence-corrected chi connectivity index (χ3v) is 5.84. The molecule has 0 aromatic rings. The Bertz CT molecular complexity index is 408. The predicted molar refractivity (Wildman–Crippen MR) is 66.8 cm³/mol. The average Bonchev–Trinajstić information content (AvgIpc) is 2.70. The minimum Gasteiger partial charge on any atom is -0.481 e. The maximum absolute atomic E-state index is 12.2. The molecule has 1 saturated heterocycles. The second-order valence-electron chi connectivity index (χ2n) is 5.09. The zero-order chi connectivity index (χ0) is 14.0. The van der Waals surface area contributed by atoms with E-state index in [1.54, 1.807) is 13.8 Å². The molecule has 2 atom stereocenters. The van der Waals surface area contributed by atoms with E-state index in [2.05, 4.69) is 0 Å². The zero-order valence-corrected chi connectivity index (χ0v) is 11.9. The van der Waals surface area contributed by atoms with Gasteiger partial charge in [-0.05, 0) is 26.7 Å². The summed E-state index contributed by atoms with van der Waals surface area (Å²) in [6.07, 6.45) is 0.775. The van der Waals surface area contributed by atoms with Gasteiger partial charge in [-0.2, -0.15) is 0 Å². The molecule has 0 saturated carbocycles. The maximum Gasteiger partial charge on any atom is 0.310 e. The van der Waals surface area contributed by atoms with E-state index in [-0.39, 0.29) is 13.1 Å². The van der Waals surface area contributed by atoms with E-state index in [4.69, 9.17) is 9.84 Å². The van der Waals surface area contributed by atoms with Gasteiger partial charge in [-0.25, -0.2) is 12.7 Å². The second kappa shape index (κ2) is 5.54. The molecule has 1 rings (SSSR count). The van der Waals surface area contributed by atoms with Gasteiger partial charge < -0.3 is 9.84 Å². The number of ether oxygens (including phenoxy) is 1. The Hall–Kier alpha value is -0.660. The molecule has 0 aromatic heterocycles. The molecular formula is C11H21NO5S.